The third kappa shape index (κ3) is 4.07. The van der Waals surface area contributed by atoms with Crippen molar-refractivity contribution in [1.29, 1.82) is 0 Å². The Morgan fingerprint density at radius 1 is 1.00 bits per heavy atom. The van der Waals surface area contributed by atoms with Crippen LogP contribution in [0, 0.1) is 0 Å². The number of hydrogen-bond donors (Lipinski definition) is 1. The molecule has 150 valence electrons. The Kier molecular flexibility index (Phi) is 5.45. The summed E-state index contributed by atoms with van der Waals surface area (Å²) in [5, 5.41) is 0. The first-order chi connectivity index (χ1) is 14.0. The van der Waals surface area contributed by atoms with Gasteiger partial charge in [-0.15, -0.1) is 0 Å². The number of ketones is 1. The highest BCUT2D eigenvalue weighted by Gasteiger charge is 2.45. The second-order valence-corrected chi connectivity index (χ2v) is 7.81. The van der Waals surface area contributed by atoms with E-state index in [0.29, 0.717) is 18.5 Å². The van der Waals surface area contributed by atoms with Crippen molar-refractivity contribution in [1.82, 2.24) is 4.90 Å². The van der Waals surface area contributed by atoms with Crippen molar-refractivity contribution < 1.29 is 19.3 Å². The molecule has 0 aliphatic carbocycles. The minimum absolute atomic E-state index is 0.0480. The van der Waals surface area contributed by atoms with Crippen LogP contribution in [0.4, 0.5) is 5.69 Å². The molecule has 2 aromatic carbocycles. The van der Waals surface area contributed by atoms with E-state index in [4.69, 9.17) is 0 Å². The molecule has 0 saturated carbocycles. The van der Waals surface area contributed by atoms with Gasteiger partial charge in [-0.2, -0.15) is 0 Å². The van der Waals surface area contributed by atoms with E-state index in [-0.39, 0.29) is 23.6 Å². The van der Waals surface area contributed by atoms with E-state index in [9.17, 15) is 14.4 Å². The zero-order valence-corrected chi connectivity index (χ0v) is 16.6. The Balaban J connectivity index is 1.36. The van der Waals surface area contributed by atoms with Crippen LogP contribution in [0.25, 0.3) is 0 Å². The van der Waals surface area contributed by atoms with Crippen molar-refractivity contribution in [2.75, 3.05) is 31.1 Å². The number of carbonyl (C=O) groups excluding carboxylic acids is 3. The van der Waals surface area contributed by atoms with Crippen LogP contribution < -0.4 is 9.80 Å². The predicted octanol–water partition coefficient (Wildman–Crippen LogP) is 0.922. The summed E-state index contributed by atoms with van der Waals surface area (Å²) >= 11 is 0. The number of nitrogens with zero attached hydrogens (tertiary/aromatic N) is 2. The van der Waals surface area contributed by atoms with Crippen LogP contribution in [0.1, 0.15) is 29.3 Å². The second-order valence-electron chi connectivity index (χ2n) is 7.81. The van der Waals surface area contributed by atoms with Gasteiger partial charge in [0.05, 0.1) is 39.1 Å². The minimum atomic E-state index is -0.270. The molecule has 2 aliphatic heterocycles. The second kappa shape index (κ2) is 8.17. The fraction of sp³-hybridized carbons (Fsp3) is 0.348. The third-order valence-electron chi connectivity index (χ3n) is 5.96. The van der Waals surface area contributed by atoms with Gasteiger partial charge < -0.3 is 9.80 Å². The van der Waals surface area contributed by atoms with E-state index in [1.54, 1.807) is 6.92 Å². The van der Waals surface area contributed by atoms with Gasteiger partial charge in [0.25, 0.3) is 5.91 Å². The first-order valence-corrected chi connectivity index (χ1v) is 10.1. The summed E-state index contributed by atoms with van der Waals surface area (Å²) in [6.07, 6.45) is 0.300. The van der Waals surface area contributed by atoms with Gasteiger partial charge in [0.2, 0.25) is 5.91 Å². The number of imide groups is 1. The van der Waals surface area contributed by atoms with Gasteiger partial charge in [-0.1, -0.05) is 30.3 Å². The molecule has 0 bridgehead atoms. The largest absolute Gasteiger partial charge is 0.360 e. The molecule has 2 saturated heterocycles. The van der Waals surface area contributed by atoms with Crippen LogP contribution in [-0.2, 0) is 16.1 Å². The Morgan fingerprint density at radius 2 is 1.66 bits per heavy atom. The Bertz CT molecular complexity index is 903. The number of nitrogens with one attached hydrogen (secondary N) is 1. The zero-order chi connectivity index (χ0) is 20.4. The molecule has 1 atom stereocenters. The van der Waals surface area contributed by atoms with Crippen molar-refractivity contribution in [3.63, 3.8) is 0 Å². The molecule has 4 rings (SSSR count). The highest BCUT2D eigenvalue weighted by Crippen LogP contribution is 2.18. The summed E-state index contributed by atoms with van der Waals surface area (Å²) in [5.74, 6) is -0.0537. The predicted molar refractivity (Wildman–Crippen MR) is 110 cm³/mol. The summed E-state index contributed by atoms with van der Waals surface area (Å²) in [4.78, 5) is 41.7. The SMILES string of the molecule is CC(=O)c1ccc(N2CC[NH+]([C@H]3CC(=O)N(Cc4ccccc4)C3=O)CC2)cc1. The molecule has 2 aliphatic rings. The van der Waals surface area contributed by atoms with Crippen molar-refractivity contribution in [2.45, 2.75) is 25.9 Å². The Labute approximate surface area is 170 Å². The van der Waals surface area contributed by atoms with Crippen LogP contribution >= 0.6 is 0 Å². The topological polar surface area (TPSA) is 62.1 Å². The number of amides is 2. The van der Waals surface area contributed by atoms with E-state index in [1.165, 1.54) is 9.80 Å². The number of Topliss-reactive ketones (excluding diaryl/α,β-unsaturated/α-hetero) is 1. The molecule has 2 aromatic rings. The van der Waals surface area contributed by atoms with Crippen LogP contribution in [0.2, 0.25) is 0 Å². The lowest BCUT2D eigenvalue weighted by Crippen LogP contribution is -3.19. The molecule has 2 heterocycles. The maximum Gasteiger partial charge on any atom is 0.288 e. The third-order valence-corrected chi connectivity index (χ3v) is 5.96. The first-order valence-electron chi connectivity index (χ1n) is 10.1. The van der Waals surface area contributed by atoms with Gasteiger partial charge >= 0.3 is 0 Å². The molecule has 29 heavy (non-hydrogen) atoms. The van der Waals surface area contributed by atoms with Gasteiger partial charge in [0, 0.05) is 11.3 Å². The average Bonchev–Trinajstić information content (AvgIpc) is 3.03. The molecular weight excluding hydrogens is 366 g/mol. The molecular formula is C23H26N3O3+. The smallest absolute Gasteiger partial charge is 0.288 e. The lowest BCUT2D eigenvalue weighted by molar-refractivity contribution is -0.915. The normalized spacial score (nSPS) is 20.4. The lowest BCUT2D eigenvalue weighted by Gasteiger charge is -2.35. The maximum atomic E-state index is 12.9. The number of carbonyl (C=O) groups is 3. The summed E-state index contributed by atoms with van der Waals surface area (Å²) in [6, 6.07) is 17.1. The van der Waals surface area contributed by atoms with Gasteiger partial charge in [-0.05, 0) is 36.8 Å². The quantitative estimate of drug-likeness (QED) is 0.607. The number of likely N-dealkylation sites (tertiary alicyclic amines) is 1. The molecule has 6 heteroatoms. The number of piperazine rings is 1. The van der Waals surface area contributed by atoms with E-state index < -0.39 is 0 Å². The zero-order valence-electron chi connectivity index (χ0n) is 16.6. The fourth-order valence-corrected chi connectivity index (χ4v) is 4.24. The summed E-state index contributed by atoms with van der Waals surface area (Å²) in [7, 11) is 0. The average molecular weight is 392 g/mol. The highest BCUT2D eigenvalue weighted by atomic mass is 16.2. The van der Waals surface area contributed by atoms with Gasteiger partial charge in [-0.25, -0.2) is 0 Å². The van der Waals surface area contributed by atoms with Gasteiger partial charge in [-0.3, -0.25) is 19.3 Å². The Hall–Kier alpha value is -2.99. The molecule has 0 spiro atoms. The standard InChI is InChI=1S/C23H25N3O3/c1-17(27)19-7-9-20(10-8-19)24-11-13-25(14-12-24)21-15-22(28)26(23(21)29)16-18-5-3-2-4-6-18/h2-10,21H,11-16H2,1H3/p+1/t21-/m0/s1. The summed E-state index contributed by atoms with van der Waals surface area (Å²) in [5.41, 5.74) is 2.78. The number of rotatable bonds is 5. The van der Waals surface area contributed by atoms with Crippen molar-refractivity contribution in [3.05, 3.63) is 65.7 Å². The van der Waals surface area contributed by atoms with Crippen LogP contribution in [0.3, 0.4) is 0 Å². The first kappa shape index (κ1) is 19.3. The molecule has 0 aromatic heterocycles. The molecule has 2 fully saturated rings. The molecule has 0 radical (unpaired) electrons. The van der Waals surface area contributed by atoms with E-state index in [2.05, 4.69) is 4.90 Å². The van der Waals surface area contributed by atoms with Gasteiger partial charge in [0.1, 0.15) is 0 Å². The van der Waals surface area contributed by atoms with Gasteiger partial charge in [0.15, 0.2) is 11.8 Å². The highest BCUT2D eigenvalue weighted by molar-refractivity contribution is 6.04. The maximum absolute atomic E-state index is 12.9. The van der Waals surface area contributed by atoms with Crippen LogP contribution in [0.5, 0.6) is 0 Å². The van der Waals surface area contributed by atoms with Crippen molar-refractivity contribution in [3.8, 4) is 0 Å². The number of anilines is 1. The Morgan fingerprint density at radius 3 is 2.28 bits per heavy atom. The number of hydrogen-bond acceptors (Lipinski definition) is 4. The lowest BCUT2D eigenvalue weighted by atomic mass is 10.1. The molecule has 1 N–H and O–H groups in total. The van der Waals surface area contributed by atoms with Crippen LogP contribution in [-0.4, -0.2) is 54.7 Å². The van der Waals surface area contributed by atoms with Crippen molar-refractivity contribution >= 4 is 23.3 Å². The number of quaternary nitrogens is 1. The van der Waals surface area contributed by atoms with E-state index in [0.717, 1.165) is 37.4 Å². The van der Waals surface area contributed by atoms with Crippen LogP contribution in [0.15, 0.2) is 54.6 Å². The summed E-state index contributed by atoms with van der Waals surface area (Å²) < 4.78 is 0. The minimum Gasteiger partial charge on any atom is -0.360 e. The molecule has 0 unspecified atom stereocenters. The van der Waals surface area contributed by atoms with E-state index >= 15 is 0 Å². The summed E-state index contributed by atoms with van der Waals surface area (Å²) in [6.45, 7) is 5.21. The fourth-order valence-electron chi connectivity index (χ4n) is 4.24. The van der Waals surface area contributed by atoms with Crippen molar-refractivity contribution in [2.24, 2.45) is 0 Å². The molecule has 2 amide bonds. The van der Waals surface area contributed by atoms with E-state index in [1.807, 2.05) is 54.6 Å². The molecule has 6 nitrogen and oxygen atoms in total. The monoisotopic (exact) mass is 392 g/mol. The number of benzene rings is 2.